The molecule has 188 valence electrons. The molecule has 2 aromatic rings. The van der Waals surface area contributed by atoms with Gasteiger partial charge in [-0.1, -0.05) is 38.1 Å². The molecule has 2 atom stereocenters. The number of carbonyl (C=O) groups excluding carboxylic acids is 1. The maximum Gasteiger partial charge on any atom is 0.225 e. The van der Waals surface area contributed by atoms with Crippen LogP contribution < -0.4 is 4.90 Å². The van der Waals surface area contributed by atoms with Crippen LogP contribution in [0.3, 0.4) is 0 Å². The third-order valence-electron chi connectivity index (χ3n) is 8.36. The lowest BCUT2D eigenvalue weighted by Gasteiger charge is -2.42. The number of benzene rings is 1. The number of piperidine rings is 1. The molecule has 1 aromatic carbocycles. The lowest BCUT2D eigenvalue weighted by atomic mass is 9.91. The number of likely N-dealkylation sites (tertiary alicyclic amines) is 2. The highest BCUT2D eigenvalue weighted by molar-refractivity contribution is 5.97. The van der Waals surface area contributed by atoms with E-state index in [1.54, 1.807) is 0 Å². The monoisotopic (exact) mass is 475 g/mol. The van der Waals surface area contributed by atoms with Crippen LogP contribution in [0.2, 0.25) is 0 Å². The highest BCUT2D eigenvalue weighted by Gasteiger charge is 2.41. The molecule has 35 heavy (non-hydrogen) atoms. The van der Waals surface area contributed by atoms with Crippen LogP contribution in [0, 0.1) is 5.92 Å². The fourth-order valence-corrected chi connectivity index (χ4v) is 6.15. The van der Waals surface area contributed by atoms with E-state index >= 15 is 0 Å². The van der Waals surface area contributed by atoms with Crippen molar-refractivity contribution in [2.75, 3.05) is 31.1 Å². The Labute approximate surface area is 210 Å². The lowest BCUT2D eigenvalue weighted by Crippen LogP contribution is -2.56. The Balaban J connectivity index is 1.14. The van der Waals surface area contributed by atoms with Crippen molar-refractivity contribution in [1.82, 2.24) is 19.8 Å². The second-order valence-corrected chi connectivity index (χ2v) is 11.4. The SMILES string of the molecule is CC(C)C(=O)c1ccc(CN2CCC(c3cnc(N4C5CCC4CN(C(C)C)C5)nc3)CC2)cc1. The van der Waals surface area contributed by atoms with Crippen molar-refractivity contribution in [3.63, 3.8) is 0 Å². The van der Waals surface area contributed by atoms with Gasteiger partial charge in [0, 0.05) is 61.6 Å². The largest absolute Gasteiger partial charge is 0.332 e. The van der Waals surface area contributed by atoms with Gasteiger partial charge in [0.2, 0.25) is 5.95 Å². The molecule has 4 heterocycles. The summed E-state index contributed by atoms with van der Waals surface area (Å²) in [6.45, 7) is 13.9. The number of ketones is 1. The Morgan fingerprint density at radius 3 is 2.06 bits per heavy atom. The van der Waals surface area contributed by atoms with E-state index in [1.165, 1.54) is 24.0 Å². The number of fused-ring (bicyclic) bond motifs is 2. The molecule has 0 radical (unpaired) electrons. The van der Waals surface area contributed by atoms with E-state index in [2.05, 4.69) is 53.1 Å². The smallest absolute Gasteiger partial charge is 0.225 e. The summed E-state index contributed by atoms with van der Waals surface area (Å²) in [4.78, 5) is 29.5. The van der Waals surface area contributed by atoms with E-state index in [-0.39, 0.29) is 11.7 Å². The minimum Gasteiger partial charge on any atom is -0.332 e. The number of aromatic nitrogens is 2. The van der Waals surface area contributed by atoms with Gasteiger partial charge in [0.05, 0.1) is 0 Å². The summed E-state index contributed by atoms with van der Waals surface area (Å²) >= 11 is 0. The van der Waals surface area contributed by atoms with Crippen molar-refractivity contribution in [3.05, 3.63) is 53.3 Å². The van der Waals surface area contributed by atoms with Crippen LogP contribution in [0.15, 0.2) is 36.7 Å². The van der Waals surface area contributed by atoms with Gasteiger partial charge in [0.1, 0.15) is 0 Å². The van der Waals surface area contributed by atoms with Crippen LogP contribution in [0.25, 0.3) is 0 Å². The molecule has 5 rings (SSSR count). The first-order valence-electron chi connectivity index (χ1n) is 13.6. The first-order valence-corrected chi connectivity index (χ1v) is 13.6. The number of rotatable bonds is 7. The number of hydrogen-bond acceptors (Lipinski definition) is 6. The van der Waals surface area contributed by atoms with Gasteiger partial charge in [-0.25, -0.2) is 9.97 Å². The molecule has 0 spiro atoms. The highest BCUT2D eigenvalue weighted by atomic mass is 16.1. The van der Waals surface area contributed by atoms with Crippen molar-refractivity contribution in [1.29, 1.82) is 0 Å². The zero-order chi connectivity index (χ0) is 24.5. The number of Topliss-reactive ketones (excluding diaryl/α,β-unsaturated/α-hetero) is 1. The first kappa shape index (κ1) is 24.4. The standard InChI is InChI=1S/C29H41N5O/c1-20(2)28(35)24-7-5-22(6-8-24)17-32-13-11-23(12-14-32)25-15-30-29(31-16-25)34-26-9-10-27(34)19-33(18-26)21(3)4/h5-8,15-16,20-21,23,26-27H,9-14,17-19H2,1-4H3. The zero-order valence-corrected chi connectivity index (χ0v) is 21.9. The predicted molar refractivity (Wildman–Crippen MR) is 141 cm³/mol. The molecule has 2 unspecified atom stereocenters. The minimum absolute atomic E-state index is 0.0446. The zero-order valence-electron chi connectivity index (χ0n) is 21.9. The molecule has 0 N–H and O–H groups in total. The van der Waals surface area contributed by atoms with Crippen molar-refractivity contribution in [3.8, 4) is 0 Å². The molecule has 0 amide bonds. The molecule has 6 nitrogen and oxygen atoms in total. The molecule has 1 aromatic heterocycles. The summed E-state index contributed by atoms with van der Waals surface area (Å²) in [6, 6.07) is 9.93. The van der Waals surface area contributed by atoms with Crippen molar-refractivity contribution in [2.24, 2.45) is 5.92 Å². The van der Waals surface area contributed by atoms with Gasteiger partial charge in [-0.05, 0) is 69.7 Å². The van der Waals surface area contributed by atoms with Crippen LogP contribution in [-0.2, 0) is 6.54 Å². The lowest BCUT2D eigenvalue weighted by molar-refractivity contribution is 0.0939. The van der Waals surface area contributed by atoms with Gasteiger partial charge in [0.15, 0.2) is 5.78 Å². The van der Waals surface area contributed by atoms with Crippen molar-refractivity contribution in [2.45, 2.75) is 84.0 Å². The van der Waals surface area contributed by atoms with E-state index in [9.17, 15) is 4.79 Å². The summed E-state index contributed by atoms with van der Waals surface area (Å²) in [5.41, 5.74) is 3.39. The van der Waals surface area contributed by atoms with Gasteiger partial charge < -0.3 is 4.90 Å². The topological polar surface area (TPSA) is 52.6 Å². The van der Waals surface area contributed by atoms with Gasteiger partial charge >= 0.3 is 0 Å². The van der Waals surface area contributed by atoms with Crippen LogP contribution in [0.4, 0.5) is 5.95 Å². The fourth-order valence-electron chi connectivity index (χ4n) is 6.15. The van der Waals surface area contributed by atoms with Crippen molar-refractivity contribution >= 4 is 11.7 Å². The van der Waals surface area contributed by atoms with Crippen molar-refractivity contribution < 1.29 is 4.79 Å². The molecule has 0 saturated carbocycles. The normalized spacial score (nSPS) is 24.0. The number of nitrogens with zero attached hydrogens (tertiary/aromatic N) is 5. The second-order valence-electron chi connectivity index (χ2n) is 11.4. The number of anilines is 1. The van der Waals surface area contributed by atoms with Crippen LogP contribution in [0.1, 0.15) is 80.8 Å². The average Bonchev–Trinajstić information content (AvgIpc) is 3.13. The van der Waals surface area contributed by atoms with E-state index in [4.69, 9.17) is 9.97 Å². The Morgan fingerprint density at radius 1 is 0.914 bits per heavy atom. The average molecular weight is 476 g/mol. The molecule has 0 aliphatic carbocycles. The van der Waals surface area contributed by atoms with Gasteiger partial charge in [-0.15, -0.1) is 0 Å². The van der Waals surface area contributed by atoms with Gasteiger partial charge in [-0.2, -0.15) is 0 Å². The van der Waals surface area contributed by atoms with E-state index in [0.29, 0.717) is 24.0 Å². The third kappa shape index (κ3) is 5.29. The summed E-state index contributed by atoms with van der Waals surface area (Å²) in [5, 5.41) is 0. The molecule has 3 aliphatic heterocycles. The molecular weight excluding hydrogens is 434 g/mol. The number of hydrogen-bond donors (Lipinski definition) is 0. The van der Waals surface area contributed by atoms with Crippen LogP contribution in [-0.4, -0.2) is 69.9 Å². The van der Waals surface area contributed by atoms with E-state index in [1.807, 2.05) is 26.0 Å². The van der Waals surface area contributed by atoms with Gasteiger partial charge in [0.25, 0.3) is 0 Å². The second kappa shape index (κ2) is 10.4. The van der Waals surface area contributed by atoms with Crippen LogP contribution in [0.5, 0.6) is 0 Å². The van der Waals surface area contributed by atoms with E-state index < -0.39 is 0 Å². The molecule has 6 heteroatoms. The minimum atomic E-state index is 0.0446. The highest BCUT2D eigenvalue weighted by Crippen LogP contribution is 2.34. The maximum absolute atomic E-state index is 12.2. The Kier molecular flexibility index (Phi) is 7.21. The molecule has 2 bridgehead atoms. The quantitative estimate of drug-likeness (QED) is 0.539. The summed E-state index contributed by atoms with van der Waals surface area (Å²) in [7, 11) is 0. The Hall–Kier alpha value is -2.31. The Bertz CT molecular complexity index is 981. The Morgan fingerprint density at radius 2 is 1.51 bits per heavy atom. The van der Waals surface area contributed by atoms with Gasteiger partial charge in [-0.3, -0.25) is 14.6 Å². The molecule has 3 aliphatic rings. The summed E-state index contributed by atoms with van der Waals surface area (Å²) in [5.74, 6) is 1.74. The fraction of sp³-hybridized carbons (Fsp3) is 0.621. The predicted octanol–water partition coefficient (Wildman–Crippen LogP) is 4.76. The number of piperazine rings is 1. The van der Waals surface area contributed by atoms with Crippen LogP contribution >= 0.6 is 0 Å². The summed E-state index contributed by atoms with van der Waals surface area (Å²) in [6.07, 6.45) is 9.00. The third-order valence-corrected chi connectivity index (χ3v) is 8.36. The molecular formula is C29H41N5O. The maximum atomic E-state index is 12.2. The number of carbonyl (C=O) groups is 1. The first-order chi connectivity index (χ1) is 16.9. The van der Waals surface area contributed by atoms with E-state index in [0.717, 1.165) is 57.1 Å². The molecule has 3 fully saturated rings. The summed E-state index contributed by atoms with van der Waals surface area (Å²) < 4.78 is 0. The molecule has 3 saturated heterocycles.